The number of anilines is 2. The largest absolute Gasteiger partial charge is 0.370 e. The van der Waals surface area contributed by atoms with Gasteiger partial charge in [-0.05, 0) is 30.7 Å². The van der Waals surface area contributed by atoms with E-state index in [-0.39, 0.29) is 5.38 Å². The van der Waals surface area contributed by atoms with Crippen LogP contribution in [0.2, 0.25) is 0 Å². The van der Waals surface area contributed by atoms with Crippen LogP contribution in [0.15, 0.2) is 24.3 Å². The predicted octanol–water partition coefficient (Wildman–Crippen LogP) is 2.80. The molecule has 0 spiro atoms. The molecule has 0 aliphatic carbocycles. The topological polar surface area (TPSA) is 15.3 Å². The number of benzene rings is 1. The first-order valence-corrected chi connectivity index (χ1v) is 5.09. The molecule has 0 saturated carbocycles. The minimum absolute atomic E-state index is 0.244. The second kappa shape index (κ2) is 4.05. The summed E-state index contributed by atoms with van der Waals surface area (Å²) < 4.78 is 12.0. The highest BCUT2D eigenvalue weighted by Gasteiger charge is 2.20. The van der Waals surface area contributed by atoms with Crippen LogP contribution in [0.4, 0.5) is 15.9 Å². The third-order valence-electron chi connectivity index (χ3n) is 2.47. The van der Waals surface area contributed by atoms with Gasteiger partial charge in [-0.3, -0.25) is 0 Å². The molecule has 14 heavy (non-hydrogen) atoms. The molecule has 1 unspecified atom stereocenters. The lowest BCUT2D eigenvalue weighted by Gasteiger charge is -2.17. The zero-order chi connectivity index (χ0) is 9.97. The van der Waals surface area contributed by atoms with Gasteiger partial charge >= 0.3 is 0 Å². The molecule has 76 valence electrons. The van der Waals surface area contributed by atoms with E-state index in [4.69, 9.17) is 11.6 Å². The van der Waals surface area contributed by atoms with Gasteiger partial charge in [0.05, 0.1) is 11.1 Å². The monoisotopic (exact) mass is 214 g/mol. The lowest BCUT2D eigenvalue weighted by molar-refractivity contribution is 0.618. The van der Waals surface area contributed by atoms with Gasteiger partial charge in [-0.15, -0.1) is 16.1 Å². The zero-order valence-corrected chi connectivity index (χ0v) is 8.47. The van der Waals surface area contributed by atoms with E-state index in [0.29, 0.717) is 5.69 Å². The lowest BCUT2D eigenvalue weighted by Crippen LogP contribution is -2.19. The molecule has 1 heterocycles. The SMILES string of the molecule is FNc1ccc(N2CCC(Cl)C2)cc1. The molecule has 2 nitrogen and oxygen atoms in total. The summed E-state index contributed by atoms with van der Waals surface area (Å²) in [7, 11) is 0. The van der Waals surface area contributed by atoms with Gasteiger partial charge in [-0.2, -0.15) is 0 Å². The van der Waals surface area contributed by atoms with Crippen LogP contribution in [0.1, 0.15) is 6.42 Å². The van der Waals surface area contributed by atoms with Gasteiger partial charge in [0, 0.05) is 18.8 Å². The normalized spacial score (nSPS) is 21.3. The standard InChI is InChI=1S/C10H12ClFN2/c11-8-5-6-14(7-8)10-3-1-9(13-12)2-4-10/h1-4,8,13H,5-7H2. The minimum Gasteiger partial charge on any atom is -0.370 e. The van der Waals surface area contributed by atoms with Crippen molar-refractivity contribution >= 4 is 23.0 Å². The Bertz CT molecular complexity index is 301. The van der Waals surface area contributed by atoms with Crippen LogP contribution in [0.25, 0.3) is 0 Å². The Morgan fingerprint density at radius 1 is 1.36 bits per heavy atom. The van der Waals surface area contributed by atoms with E-state index in [0.717, 1.165) is 25.2 Å². The van der Waals surface area contributed by atoms with Gasteiger partial charge in [0.1, 0.15) is 0 Å². The first-order valence-electron chi connectivity index (χ1n) is 4.65. The summed E-state index contributed by atoms with van der Waals surface area (Å²) >= 11 is 6.00. The summed E-state index contributed by atoms with van der Waals surface area (Å²) in [6.07, 6.45) is 1.02. The Kier molecular flexibility index (Phi) is 2.77. The van der Waals surface area contributed by atoms with Crippen LogP contribution < -0.4 is 10.4 Å². The summed E-state index contributed by atoms with van der Waals surface area (Å²) in [4.78, 5) is 2.21. The molecule has 0 amide bonds. The van der Waals surface area contributed by atoms with E-state index < -0.39 is 0 Å². The summed E-state index contributed by atoms with van der Waals surface area (Å²) in [5, 5.41) is 0.244. The second-order valence-corrected chi connectivity index (χ2v) is 4.09. The van der Waals surface area contributed by atoms with Crippen molar-refractivity contribution in [2.75, 3.05) is 23.5 Å². The summed E-state index contributed by atoms with van der Waals surface area (Å²) in [6, 6.07) is 7.24. The van der Waals surface area contributed by atoms with E-state index >= 15 is 0 Å². The molecule has 1 fully saturated rings. The number of halogens is 2. The molecule has 1 aliphatic heterocycles. The quantitative estimate of drug-likeness (QED) is 0.602. The van der Waals surface area contributed by atoms with E-state index in [1.54, 1.807) is 17.7 Å². The van der Waals surface area contributed by atoms with Crippen molar-refractivity contribution in [3.8, 4) is 0 Å². The maximum Gasteiger partial charge on any atom is 0.0657 e. The van der Waals surface area contributed by atoms with Crippen LogP contribution in [-0.2, 0) is 0 Å². The minimum atomic E-state index is 0.244. The molecule has 0 radical (unpaired) electrons. The van der Waals surface area contributed by atoms with Crippen LogP contribution in [0.5, 0.6) is 0 Å². The summed E-state index contributed by atoms with van der Waals surface area (Å²) in [6.45, 7) is 1.86. The van der Waals surface area contributed by atoms with Gasteiger partial charge in [0.2, 0.25) is 0 Å². The number of nitrogens with one attached hydrogen (secondary N) is 1. The molecule has 1 N–H and O–H groups in total. The highest BCUT2D eigenvalue weighted by atomic mass is 35.5. The molecule has 0 bridgehead atoms. The lowest BCUT2D eigenvalue weighted by atomic mass is 10.2. The van der Waals surface area contributed by atoms with Gasteiger partial charge in [-0.1, -0.05) is 0 Å². The van der Waals surface area contributed by atoms with Gasteiger partial charge < -0.3 is 4.90 Å². The molecular formula is C10H12ClFN2. The molecule has 4 heteroatoms. The van der Waals surface area contributed by atoms with E-state index in [9.17, 15) is 4.48 Å². The molecule has 1 aromatic rings. The van der Waals surface area contributed by atoms with Crippen molar-refractivity contribution in [3.63, 3.8) is 0 Å². The number of alkyl halides is 1. The molecule has 1 aromatic carbocycles. The number of hydrogen-bond acceptors (Lipinski definition) is 2. The zero-order valence-electron chi connectivity index (χ0n) is 7.71. The van der Waals surface area contributed by atoms with Crippen molar-refractivity contribution in [2.24, 2.45) is 0 Å². The van der Waals surface area contributed by atoms with Gasteiger partial charge in [-0.25, -0.2) is 5.54 Å². The highest BCUT2D eigenvalue weighted by molar-refractivity contribution is 6.21. The van der Waals surface area contributed by atoms with Crippen molar-refractivity contribution in [1.29, 1.82) is 0 Å². The van der Waals surface area contributed by atoms with Crippen LogP contribution in [0, 0.1) is 0 Å². The first kappa shape index (κ1) is 9.59. The van der Waals surface area contributed by atoms with Crippen molar-refractivity contribution in [3.05, 3.63) is 24.3 Å². The van der Waals surface area contributed by atoms with E-state index in [1.807, 2.05) is 12.1 Å². The fourth-order valence-corrected chi connectivity index (χ4v) is 1.95. The molecule has 2 rings (SSSR count). The Morgan fingerprint density at radius 2 is 2.07 bits per heavy atom. The smallest absolute Gasteiger partial charge is 0.0657 e. The maximum atomic E-state index is 12.0. The fraction of sp³-hybridized carbons (Fsp3) is 0.400. The summed E-state index contributed by atoms with van der Waals surface area (Å²) in [5.41, 5.74) is 3.19. The molecule has 1 atom stereocenters. The molecule has 1 saturated heterocycles. The van der Waals surface area contributed by atoms with Crippen LogP contribution in [0.3, 0.4) is 0 Å². The predicted molar refractivity (Wildman–Crippen MR) is 57.6 cm³/mol. The van der Waals surface area contributed by atoms with Gasteiger partial charge in [0.25, 0.3) is 0 Å². The number of rotatable bonds is 2. The molecular weight excluding hydrogens is 203 g/mol. The Morgan fingerprint density at radius 3 is 2.57 bits per heavy atom. The van der Waals surface area contributed by atoms with Crippen molar-refractivity contribution < 1.29 is 4.48 Å². The van der Waals surface area contributed by atoms with Crippen molar-refractivity contribution in [2.45, 2.75) is 11.8 Å². The third kappa shape index (κ3) is 1.93. The highest BCUT2D eigenvalue weighted by Crippen LogP contribution is 2.24. The average Bonchev–Trinajstić information content (AvgIpc) is 2.65. The first-order chi connectivity index (χ1) is 6.79. The van der Waals surface area contributed by atoms with E-state index in [1.165, 1.54) is 0 Å². The van der Waals surface area contributed by atoms with E-state index in [2.05, 4.69) is 4.90 Å². The average molecular weight is 215 g/mol. The Hall–Kier alpha value is -0.960. The molecule has 0 aromatic heterocycles. The Balaban J connectivity index is 2.09. The Labute approximate surface area is 87.6 Å². The summed E-state index contributed by atoms with van der Waals surface area (Å²) in [5.74, 6) is 0. The number of nitrogens with zero attached hydrogens (tertiary/aromatic N) is 1. The third-order valence-corrected chi connectivity index (χ3v) is 2.83. The fourth-order valence-electron chi connectivity index (χ4n) is 1.69. The van der Waals surface area contributed by atoms with Crippen LogP contribution >= 0.6 is 11.6 Å². The van der Waals surface area contributed by atoms with Crippen LogP contribution in [-0.4, -0.2) is 18.5 Å². The second-order valence-electron chi connectivity index (χ2n) is 3.47. The molecule has 1 aliphatic rings. The number of hydrogen-bond donors (Lipinski definition) is 1. The maximum absolute atomic E-state index is 12.0. The van der Waals surface area contributed by atoms with Crippen molar-refractivity contribution in [1.82, 2.24) is 0 Å². The van der Waals surface area contributed by atoms with Gasteiger partial charge in [0.15, 0.2) is 0 Å².